The number of thioether (sulfide) groups is 1. The van der Waals surface area contributed by atoms with Crippen LogP contribution >= 0.6 is 23.4 Å². The van der Waals surface area contributed by atoms with E-state index < -0.39 is 22.6 Å². The van der Waals surface area contributed by atoms with E-state index in [1.807, 2.05) is 18.2 Å². The number of benzene rings is 1. The Labute approximate surface area is 214 Å². The van der Waals surface area contributed by atoms with Crippen LogP contribution in [-0.2, 0) is 19.1 Å². The van der Waals surface area contributed by atoms with Crippen LogP contribution < -0.4 is 4.90 Å². The maximum Gasteiger partial charge on any atom is 0.311 e. The minimum atomic E-state index is -0.891. The van der Waals surface area contributed by atoms with Gasteiger partial charge in [-0.15, -0.1) is 11.8 Å². The van der Waals surface area contributed by atoms with Crippen molar-refractivity contribution in [3.05, 3.63) is 53.6 Å². The van der Waals surface area contributed by atoms with E-state index in [-0.39, 0.29) is 36.2 Å². The van der Waals surface area contributed by atoms with E-state index in [0.29, 0.717) is 30.3 Å². The minimum Gasteiger partial charge on any atom is -0.465 e. The number of hydrogen-bond donors (Lipinski definition) is 1. The van der Waals surface area contributed by atoms with Gasteiger partial charge >= 0.3 is 5.97 Å². The first kappa shape index (κ1) is 24.4. The number of likely N-dealkylation sites (tertiary alicyclic amines) is 1. The molecule has 0 bridgehead atoms. The molecule has 1 aromatic carbocycles. The number of hydrogen-bond acceptors (Lipinski definition) is 6. The number of halogens is 1. The van der Waals surface area contributed by atoms with Gasteiger partial charge in [-0.1, -0.05) is 35.9 Å². The van der Waals surface area contributed by atoms with E-state index in [4.69, 9.17) is 16.3 Å². The highest BCUT2D eigenvalue weighted by Crippen LogP contribution is 2.60. The van der Waals surface area contributed by atoms with Crippen molar-refractivity contribution in [2.24, 2.45) is 11.8 Å². The molecule has 4 heterocycles. The number of anilines is 1. The number of rotatable bonds is 4. The quantitative estimate of drug-likeness (QED) is 0.488. The Hall–Kier alpha value is -2.29. The van der Waals surface area contributed by atoms with Crippen LogP contribution in [-0.4, -0.2) is 70.1 Å². The fourth-order valence-corrected chi connectivity index (χ4v) is 7.88. The van der Waals surface area contributed by atoms with Crippen molar-refractivity contribution in [2.75, 3.05) is 31.2 Å². The van der Waals surface area contributed by atoms with Crippen molar-refractivity contribution in [1.29, 1.82) is 0 Å². The van der Waals surface area contributed by atoms with E-state index in [2.05, 4.69) is 6.08 Å². The van der Waals surface area contributed by atoms with Gasteiger partial charge in [0.1, 0.15) is 6.04 Å². The molecular formula is C26H29ClN2O5S. The van der Waals surface area contributed by atoms with E-state index in [1.54, 1.807) is 34.1 Å². The van der Waals surface area contributed by atoms with E-state index in [1.165, 1.54) is 11.8 Å². The number of nitrogens with zero attached hydrogens (tertiary/aromatic N) is 2. The highest BCUT2D eigenvalue weighted by atomic mass is 35.5. The molecule has 2 fully saturated rings. The summed E-state index contributed by atoms with van der Waals surface area (Å²) in [4.78, 5) is 44.6. The zero-order valence-corrected chi connectivity index (χ0v) is 20.9. The minimum absolute atomic E-state index is 0.0942. The summed E-state index contributed by atoms with van der Waals surface area (Å²) in [5.41, 5.74) is 0.695. The maximum atomic E-state index is 14.2. The van der Waals surface area contributed by atoms with E-state index in [9.17, 15) is 19.5 Å². The first-order valence-corrected chi connectivity index (χ1v) is 13.4. The molecule has 9 heteroatoms. The second kappa shape index (κ2) is 9.99. The molecule has 2 saturated heterocycles. The van der Waals surface area contributed by atoms with Gasteiger partial charge < -0.3 is 19.6 Å². The van der Waals surface area contributed by atoms with Gasteiger partial charge in [0, 0.05) is 35.7 Å². The molecule has 5 atom stereocenters. The molecule has 35 heavy (non-hydrogen) atoms. The third-order valence-corrected chi connectivity index (χ3v) is 9.29. The number of aliphatic hydroxyl groups excluding tert-OH is 1. The SMILES string of the molecule is O=C1OCCCC/C=C\[C@H]2S[C@]34C=CCN(c5ccc(Cl)cc5)C(=O)C3N(CCCO)C(=O)[C@@H]4[C@@H]12. The van der Waals surface area contributed by atoms with Crippen molar-refractivity contribution < 1.29 is 24.2 Å². The fraction of sp³-hybridized carbons (Fsp3) is 0.500. The number of cyclic esters (lactones) is 1. The van der Waals surface area contributed by atoms with Crippen LogP contribution in [0.25, 0.3) is 0 Å². The van der Waals surface area contributed by atoms with Crippen LogP contribution in [0.3, 0.4) is 0 Å². The summed E-state index contributed by atoms with van der Waals surface area (Å²) in [5, 5.41) is 9.81. The fourth-order valence-electron chi connectivity index (χ4n) is 5.75. The summed E-state index contributed by atoms with van der Waals surface area (Å²) in [6.07, 6.45) is 11.0. The molecular weight excluding hydrogens is 488 g/mol. The Morgan fingerprint density at radius 2 is 1.91 bits per heavy atom. The zero-order chi connectivity index (χ0) is 24.6. The number of allylic oxidation sites excluding steroid dienone is 1. The molecule has 0 saturated carbocycles. The monoisotopic (exact) mass is 516 g/mol. The summed E-state index contributed by atoms with van der Waals surface area (Å²) in [6, 6.07) is 6.27. The van der Waals surface area contributed by atoms with Crippen LogP contribution in [0.5, 0.6) is 0 Å². The Bertz CT molecular complexity index is 1060. The summed E-state index contributed by atoms with van der Waals surface area (Å²) < 4.78 is 4.72. The molecule has 0 aliphatic carbocycles. The molecule has 1 aromatic rings. The third-order valence-electron chi connectivity index (χ3n) is 7.30. The smallest absolute Gasteiger partial charge is 0.311 e. The van der Waals surface area contributed by atoms with Crippen molar-refractivity contribution in [1.82, 2.24) is 4.90 Å². The summed E-state index contributed by atoms with van der Waals surface area (Å²) in [5.74, 6) is -2.15. The second-order valence-corrected chi connectivity index (χ2v) is 11.3. The summed E-state index contributed by atoms with van der Waals surface area (Å²) in [6.45, 7) is 0.840. The Morgan fingerprint density at radius 3 is 2.69 bits per heavy atom. The lowest BCUT2D eigenvalue weighted by Crippen LogP contribution is -2.53. The first-order valence-electron chi connectivity index (χ1n) is 12.1. The molecule has 0 aromatic heterocycles. The molecule has 7 nitrogen and oxygen atoms in total. The van der Waals surface area contributed by atoms with Crippen LogP contribution in [0.4, 0.5) is 5.69 Å². The number of ether oxygens (including phenoxy) is 1. The Balaban J connectivity index is 1.59. The molecule has 4 aliphatic heterocycles. The van der Waals surface area contributed by atoms with Crippen molar-refractivity contribution in [3.8, 4) is 0 Å². The lowest BCUT2D eigenvalue weighted by atomic mass is 9.78. The number of amides is 2. The highest BCUT2D eigenvalue weighted by molar-refractivity contribution is 8.02. The largest absolute Gasteiger partial charge is 0.465 e. The number of esters is 1. The number of carbonyl (C=O) groups excluding carboxylic acids is 3. The second-order valence-electron chi connectivity index (χ2n) is 9.37. The summed E-state index contributed by atoms with van der Waals surface area (Å²) >= 11 is 7.59. The van der Waals surface area contributed by atoms with Gasteiger partial charge in [-0.3, -0.25) is 14.4 Å². The van der Waals surface area contributed by atoms with Gasteiger partial charge in [0.2, 0.25) is 5.91 Å². The lowest BCUT2D eigenvalue weighted by molar-refractivity contribution is -0.153. The average molecular weight is 517 g/mol. The van der Waals surface area contributed by atoms with Crippen molar-refractivity contribution in [3.63, 3.8) is 0 Å². The van der Waals surface area contributed by atoms with Gasteiger partial charge in [-0.25, -0.2) is 0 Å². The maximum absolute atomic E-state index is 14.2. The molecule has 0 radical (unpaired) electrons. The Morgan fingerprint density at radius 1 is 1.11 bits per heavy atom. The Kier molecular flexibility index (Phi) is 6.97. The van der Waals surface area contributed by atoms with Gasteiger partial charge in [-0.2, -0.15) is 0 Å². The molecule has 2 amide bonds. The van der Waals surface area contributed by atoms with Gasteiger partial charge in [0.15, 0.2) is 0 Å². The van der Waals surface area contributed by atoms with Crippen molar-refractivity contribution in [2.45, 2.75) is 41.7 Å². The highest BCUT2D eigenvalue weighted by Gasteiger charge is 2.70. The normalized spacial score (nSPS) is 33.6. The molecule has 4 aliphatic rings. The molecule has 1 unspecified atom stereocenters. The first-order chi connectivity index (χ1) is 17.0. The van der Waals surface area contributed by atoms with Crippen molar-refractivity contribution >= 4 is 46.8 Å². The molecule has 1 spiro atoms. The zero-order valence-electron chi connectivity index (χ0n) is 19.3. The van der Waals surface area contributed by atoms with Crippen LogP contribution in [0.2, 0.25) is 5.02 Å². The van der Waals surface area contributed by atoms with Crippen LogP contribution in [0.1, 0.15) is 25.7 Å². The van der Waals surface area contributed by atoms with Gasteiger partial charge in [0.05, 0.1) is 23.2 Å². The topological polar surface area (TPSA) is 87.2 Å². The molecule has 5 rings (SSSR count). The summed E-state index contributed by atoms with van der Waals surface area (Å²) in [7, 11) is 0. The standard InChI is InChI=1S/C26H29ClN2O5S/c27-17-8-10-18(11-9-17)28-13-5-12-26-21(23(31)29(14-6-15-30)22(26)24(28)32)20-19(35-26)7-3-1-2-4-16-34-25(20)33/h3,5,7-12,19-22,30H,1-2,4,6,13-16H2/b7-3-/t19-,20+,21+,22?,26+/m1/s1. The average Bonchev–Trinajstić information content (AvgIpc) is 3.23. The van der Waals surface area contributed by atoms with Gasteiger partial charge in [0.25, 0.3) is 5.91 Å². The predicted octanol–water partition coefficient (Wildman–Crippen LogP) is 3.21. The lowest BCUT2D eigenvalue weighted by Gasteiger charge is -2.35. The number of carbonyl (C=O) groups is 3. The number of aliphatic hydroxyl groups is 1. The van der Waals surface area contributed by atoms with Crippen LogP contribution in [0.15, 0.2) is 48.6 Å². The van der Waals surface area contributed by atoms with Crippen LogP contribution in [0, 0.1) is 11.8 Å². The predicted molar refractivity (Wildman–Crippen MR) is 135 cm³/mol. The molecule has 1 N–H and O–H groups in total. The number of fused-ring (bicyclic) bond motifs is 2. The van der Waals surface area contributed by atoms with Gasteiger partial charge in [-0.05, 0) is 49.9 Å². The molecule has 186 valence electrons. The third kappa shape index (κ3) is 4.19. The van der Waals surface area contributed by atoms with E-state index in [0.717, 1.165) is 19.3 Å². The van der Waals surface area contributed by atoms with E-state index >= 15 is 0 Å².